The number of likely N-dealkylation sites (tertiary alicyclic amines) is 1. The molecule has 3 aromatic rings. The molecule has 0 bridgehead atoms. The summed E-state index contributed by atoms with van der Waals surface area (Å²) in [6.45, 7) is 3.37. The van der Waals surface area contributed by atoms with Crippen LogP contribution in [0.2, 0.25) is 0 Å². The summed E-state index contributed by atoms with van der Waals surface area (Å²) in [4.78, 5) is 31.2. The normalized spacial score (nSPS) is 16.8. The zero-order chi connectivity index (χ0) is 28.4. The summed E-state index contributed by atoms with van der Waals surface area (Å²) in [5.74, 6) is -0.648. The van der Waals surface area contributed by atoms with Crippen molar-refractivity contribution in [2.45, 2.75) is 37.5 Å². The van der Waals surface area contributed by atoms with Gasteiger partial charge in [-0.15, -0.1) is 0 Å². The molecule has 4 heterocycles. The molecule has 10 nitrogen and oxygen atoms in total. The van der Waals surface area contributed by atoms with Crippen molar-refractivity contribution in [1.82, 2.24) is 29.1 Å². The summed E-state index contributed by atoms with van der Waals surface area (Å²) < 4.78 is 41.1. The first kappa shape index (κ1) is 28.1. The third-order valence-corrected chi connectivity index (χ3v) is 7.36. The van der Waals surface area contributed by atoms with Gasteiger partial charge in [-0.3, -0.25) is 14.4 Å². The van der Waals surface area contributed by atoms with Crippen LogP contribution in [0.3, 0.4) is 0 Å². The van der Waals surface area contributed by atoms with Gasteiger partial charge in [-0.2, -0.15) is 18.3 Å². The molecule has 5 rings (SSSR count). The molecule has 1 N–H and O–H groups in total. The van der Waals surface area contributed by atoms with Crippen molar-refractivity contribution in [3.05, 3.63) is 54.2 Å². The fraction of sp³-hybridized carbons (Fsp3) is 0.462. The van der Waals surface area contributed by atoms with E-state index in [0.29, 0.717) is 6.42 Å². The first-order valence-electron chi connectivity index (χ1n) is 12.4. The minimum atomic E-state index is -5.08. The number of halogens is 3. The number of carbonyl (C=O) groups excluding carboxylic acids is 1. The molecule has 1 spiro atoms. The van der Waals surface area contributed by atoms with Crippen molar-refractivity contribution in [3.63, 3.8) is 0 Å². The number of aryl methyl sites for hydroxylation is 1. The van der Waals surface area contributed by atoms with E-state index in [4.69, 9.17) is 19.6 Å². The smallest absolute Gasteiger partial charge is 0.490 e. The molecule has 0 radical (unpaired) electrons. The van der Waals surface area contributed by atoms with Crippen LogP contribution in [0.15, 0.2) is 42.9 Å². The van der Waals surface area contributed by atoms with Crippen molar-refractivity contribution in [2.24, 2.45) is 7.05 Å². The van der Waals surface area contributed by atoms with Gasteiger partial charge >= 0.3 is 12.1 Å². The first-order chi connectivity index (χ1) is 18.4. The molecule has 1 saturated heterocycles. The first-order valence-corrected chi connectivity index (χ1v) is 12.4. The summed E-state index contributed by atoms with van der Waals surface area (Å²) in [6, 6.07) is 7.75. The van der Waals surface area contributed by atoms with E-state index < -0.39 is 12.1 Å². The second-order valence-corrected chi connectivity index (χ2v) is 9.68. The van der Waals surface area contributed by atoms with Gasteiger partial charge < -0.3 is 19.3 Å². The zero-order valence-electron chi connectivity index (χ0n) is 22.0. The monoisotopic (exact) mass is 548 g/mol. The van der Waals surface area contributed by atoms with Crippen LogP contribution in [0.5, 0.6) is 5.75 Å². The number of methoxy groups -OCH3 is 1. The number of hydrogen-bond donors (Lipinski definition) is 1. The lowest BCUT2D eigenvalue weighted by Gasteiger charge is -2.49. The number of likely N-dealkylation sites (N-methyl/N-ethyl adjacent to an activating group) is 1. The SMILES string of the molecule is COc1ccc(CC(=O)N2CCC3(CC2)c2ncc(-c4cnn(C)c4)n2CCN3C)cc1.O=C(O)C(F)(F)F. The van der Waals surface area contributed by atoms with E-state index in [9.17, 15) is 18.0 Å². The van der Waals surface area contributed by atoms with Gasteiger partial charge in [-0.25, -0.2) is 9.78 Å². The van der Waals surface area contributed by atoms with Crippen LogP contribution in [-0.2, 0) is 35.1 Å². The van der Waals surface area contributed by atoms with E-state index >= 15 is 0 Å². The Morgan fingerprint density at radius 2 is 1.69 bits per heavy atom. The van der Waals surface area contributed by atoms with Crippen molar-refractivity contribution >= 4 is 11.9 Å². The lowest BCUT2D eigenvalue weighted by Crippen LogP contribution is -2.57. The number of benzene rings is 1. The summed E-state index contributed by atoms with van der Waals surface area (Å²) in [7, 11) is 5.78. The number of hydrogen-bond acceptors (Lipinski definition) is 6. The van der Waals surface area contributed by atoms with Crippen molar-refractivity contribution in [1.29, 1.82) is 0 Å². The lowest BCUT2D eigenvalue weighted by atomic mass is 9.83. The Bertz CT molecular complexity index is 1310. The lowest BCUT2D eigenvalue weighted by molar-refractivity contribution is -0.192. The molecule has 39 heavy (non-hydrogen) atoms. The van der Waals surface area contributed by atoms with E-state index in [-0.39, 0.29) is 11.4 Å². The van der Waals surface area contributed by atoms with E-state index in [2.05, 4.69) is 21.6 Å². The highest BCUT2D eigenvalue weighted by Gasteiger charge is 2.46. The standard InChI is InChI=1S/C24H30N6O2.C2HF3O2/c1-27-12-13-30-21(19-15-26-28(2)17-19)16-25-23(30)24(27)8-10-29(11-9-24)22(31)14-18-4-6-20(32-3)7-5-18;3-2(4,5)1(6)7/h4-7,15-17H,8-14H2,1-3H3;(H,6,7). The Hall–Kier alpha value is -3.87. The van der Waals surface area contributed by atoms with Gasteiger partial charge in [0.15, 0.2) is 0 Å². The second-order valence-electron chi connectivity index (χ2n) is 9.68. The number of carbonyl (C=O) groups is 2. The van der Waals surface area contributed by atoms with E-state index in [0.717, 1.165) is 67.4 Å². The van der Waals surface area contributed by atoms with Crippen LogP contribution in [0.25, 0.3) is 11.3 Å². The summed E-state index contributed by atoms with van der Waals surface area (Å²) in [5, 5.41) is 11.5. The van der Waals surface area contributed by atoms with Crippen LogP contribution in [0, 0.1) is 0 Å². The molecule has 1 amide bonds. The number of ether oxygens (including phenoxy) is 1. The Morgan fingerprint density at radius 3 is 2.23 bits per heavy atom. The summed E-state index contributed by atoms with van der Waals surface area (Å²) in [5.41, 5.74) is 3.11. The van der Waals surface area contributed by atoms with Gasteiger partial charge in [-0.05, 0) is 37.6 Å². The molecule has 0 aliphatic carbocycles. The Labute approximate surface area is 223 Å². The molecular weight excluding hydrogens is 517 g/mol. The Balaban J connectivity index is 0.000000448. The molecule has 0 atom stereocenters. The maximum absolute atomic E-state index is 13.0. The molecule has 0 unspecified atom stereocenters. The van der Waals surface area contributed by atoms with Gasteiger partial charge in [0.1, 0.15) is 11.6 Å². The van der Waals surface area contributed by atoms with Crippen LogP contribution in [0.4, 0.5) is 13.2 Å². The van der Waals surface area contributed by atoms with Gasteiger partial charge in [0.05, 0.1) is 37.2 Å². The number of aromatic nitrogens is 4. The number of nitrogens with zero attached hydrogens (tertiary/aromatic N) is 6. The highest BCUT2D eigenvalue weighted by atomic mass is 19.4. The molecule has 1 fully saturated rings. The number of rotatable bonds is 4. The molecule has 13 heteroatoms. The largest absolute Gasteiger partial charge is 0.497 e. The Kier molecular flexibility index (Phi) is 8.00. The molecule has 2 aromatic heterocycles. The fourth-order valence-electron chi connectivity index (χ4n) is 5.15. The second kappa shape index (κ2) is 11.1. The van der Waals surface area contributed by atoms with Gasteiger partial charge in [0.25, 0.3) is 0 Å². The average molecular weight is 549 g/mol. The predicted molar refractivity (Wildman–Crippen MR) is 135 cm³/mol. The molecule has 2 aliphatic heterocycles. The predicted octanol–water partition coefficient (Wildman–Crippen LogP) is 2.93. The number of aliphatic carboxylic acids is 1. The van der Waals surface area contributed by atoms with Crippen molar-refractivity contribution < 1.29 is 32.6 Å². The molecular formula is C26H31F3N6O4. The summed E-state index contributed by atoms with van der Waals surface area (Å²) >= 11 is 0. The number of alkyl halides is 3. The minimum absolute atomic E-state index is 0.129. The highest BCUT2D eigenvalue weighted by Crippen LogP contribution is 2.41. The molecule has 210 valence electrons. The van der Waals surface area contributed by atoms with Gasteiger partial charge in [0, 0.05) is 45.0 Å². The van der Waals surface area contributed by atoms with Crippen LogP contribution in [-0.4, -0.2) is 86.1 Å². The number of fused-ring (bicyclic) bond motifs is 2. The van der Waals surface area contributed by atoms with Crippen molar-refractivity contribution in [3.8, 4) is 17.0 Å². The quantitative estimate of drug-likeness (QED) is 0.535. The van der Waals surface area contributed by atoms with Crippen LogP contribution < -0.4 is 4.74 Å². The number of amides is 1. The van der Waals surface area contributed by atoms with E-state index in [1.807, 2.05) is 59.5 Å². The summed E-state index contributed by atoms with van der Waals surface area (Å²) in [6.07, 6.45) is 3.04. The van der Waals surface area contributed by atoms with Crippen LogP contribution in [0.1, 0.15) is 24.2 Å². The number of piperidine rings is 1. The number of imidazole rings is 1. The van der Waals surface area contributed by atoms with Gasteiger partial charge in [0.2, 0.25) is 5.91 Å². The Morgan fingerprint density at radius 1 is 1.05 bits per heavy atom. The molecule has 2 aliphatic rings. The highest BCUT2D eigenvalue weighted by molar-refractivity contribution is 5.79. The maximum Gasteiger partial charge on any atom is 0.490 e. The van der Waals surface area contributed by atoms with Crippen LogP contribution >= 0.6 is 0 Å². The number of carboxylic acids is 1. The van der Waals surface area contributed by atoms with E-state index in [1.54, 1.807) is 7.11 Å². The maximum atomic E-state index is 13.0. The van der Waals surface area contributed by atoms with E-state index in [1.165, 1.54) is 0 Å². The van der Waals surface area contributed by atoms with Gasteiger partial charge in [-0.1, -0.05) is 12.1 Å². The average Bonchev–Trinajstić information content (AvgIpc) is 3.53. The van der Waals surface area contributed by atoms with Crippen molar-refractivity contribution in [2.75, 3.05) is 33.8 Å². The molecule has 1 aromatic carbocycles. The fourth-order valence-corrected chi connectivity index (χ4v) is 5.15. The third kappa shape index (κ3) is 5.92. The zero-order valence-corrected chi connectivity index (χ0v) is 22.0. The minimum Gasteiger partial charge on any atom is -0.497 e. The molecule has 0 saturated carbocycles. The number of carboxylic acid groups (broad SMARTS) is 1. The third-order valence-electron chi connectivity index (χ3n) is 7.36. The topological polar surface area (TPSA) is 106 Å².